The van der Waals surface area contributed by atoms with Crippen LogP contribution < -0.4 is 25.8 Å². The van der Waals surface area contributed by atoms with Gasteiger partial charge in [0.15, 0.2) is 0 Å². The Morgan fingerprint density at radius 2 is 1.47 bits per heavy atom. The van der Waals surface area contributed by atoms with Crippen LogP contribution >= 0.6 is 0 Å². The molecule has 0 aliphatic heterocycles. The summed E-state index contributed by atoms with van der Waals surface area (Å²) in [4.78, 5) is 43.0. The van der Waals surface area contributed by atoms with Gasteiger partial charge in [0.05, 0.1) is 31.1 Å². The molecule has 0 unspecified atom stereocenters. The van der Waals surface area contributed by atoms with Crippen molar-refractivity contribution in [3.05, 3.63) is 82.9 Å². The van der Waals surface area contributed by atoms with E-state index >= 15 is 0 Å². The number of amides is 3. The van der Waals surface area contributed by atoms with Gasteiger partial charge in [-0.3, -0.25) is 14.4 Å². The smallest absolute Gasteiger partial charge is 0.259 e. The number of nitrogens with one attached hydrogen (secondary N) is 2. The maximum absolute atomic E-state index is 13.4. The highest BCUT2D eigenvalue weighted by Crippen LogP contribution is 2.28. The van der Waals surface area contributed by atoms with Crippen molar-refractivity contribution >= 4 is 29.1 Å². The van der Waals surface area contributed by atoms with Crippen LogP contribution in [0, 0.1) is 6.92 Å². The topological polar surface area (TPSA) is 135 Å². The summed E-state index contributed by atoms with van der Waals surface area (Å²) in [7, 11) is 7.48. The maximum atomic E-state index is 13.4. The Morgan fingerprint density at radius 1 is 0.755 bits per heavy atom. The van der Waals surface area contributed by atoms with Crippen molar-refractivity contribution in [2.45, 2.75) is 52.1 Å². The Balaban J connectivity index is 1.58. The lowest BCUT2D eigenvalue weighted by atomic mass is 10.1. The molecule has 0 spiro atoms. The first-order valence-corrected chi connectivity index (χ1v) is 16.9. The number of carbonyl (C=O) groups excluding carboxylic acids is 3. The van der Waals surface area contributed by atoms with Crippen LogP contribution in [0.2, 0.25) is 0 Å². The summed E-state index contributed by atoms with van der Waals surface area (Å²) in [6.07, 6.45) is 4.60. The van der Waals surface area contributed by atoms with Crippen molar-refractivity contribution < 1.29 is 28.6 Å². The first kappa shape index (κ1) is 39.0. The highest BCUT2D eigenvalue weighted by Gasteiger charge is 2.17. The summed E-state index contributed by atoms with van der Waals surface area (Å²) in [5, 5.41) is 5.91. The summed E-state index contributed by atoms with van der Waals surface area (Å²) in [5.41, 5.74) is 9.10. The third-order valence-corrected chi connectivity index (χ3v) is 7.86. The normalized spacial score (nSPS) is 10.9. The van der Waals surface area contributed by atoms with E-state index in [0.717, 1.165) is 44.3 Å². The Kier molecular flexibility index (Phi) is 16.6. The van der Waals surface area contributed by atoms with E-state index in [1.54, 1.807) is 43.5 Å². The summed E-state index contributed by atoms with van der Waals surface area (Å²) >= 11 is 0. The highest BCUT2D eigenvalue weighted by molar-refractivity contribution is 6.08. The molecule has 0 aliphatic rings. The molecule has 3 aromatic rings. The summed E-state index contributed by atoms with van der Waals surface area (Å²) in [5.74, 6) is 0.558. The van der Waals surface area contributed by atoms with E-state index in [1.807, 2.05) is 57.2 Å². The molecule has 0 aromatic heterocycles. The number of unbranched alkanes of at least 4 members (excludes halogenated alkanes) is 2. The minimum Gasteiger partial charge on any atom is -0.493 e. The first-order valence-electron chi connectivity index (χ1n) is 16.9. The number of ether oxygens (including phenoxy) is 3. The number of rotatable bonds is 21. The van der Waals surface area contributed by atoms with Gasteiger partial charge in [-0.1, -0.05) is 18.2 Å². The van der Waals surface area contributed by atoms with Crippen molar-refractivity contribution in [3.8, 4) is 11.5 Å². The maximum Gasteiger partial charge on any atom is 0.259 e. The van der Waals surface area contributed by atoms with Gasteiger partial charge in [0, 0.05) is 43.9 Å². The van der Waals surface area contributed by atoms with Gasteiger partial charge in [-0.05, 0) is 114 Å². The number of carbonyl (C=O) groups is 3. The van der Waals surface area contributed by atoms with Gasteiger partial charge in [0.2, 0.25) is 5.91 Å². The van der Waals surface area contributed by atoms with Crippen LogP contribution in [-0.2, 0) is 16.1 Å². The molecule has 49 heavy (non-hydrogen) atoms. The molecule has 0 bridgehead atoms. The molecular weight excluding hydrogens is 622 g/mol. The molecule has 0 saturated carbocycles. The zero-order valence-corrected chi connectivity index (χ0v) is 29.7. The molecule has 4 N–H and O–H groups in total. The second-order valence-corrected chi connectivity index (χ2v) is 12.3. The van der Waals surface area contributed by atoms with E-state index in [1.165, 1.54) is 0 Å². The first-order chi connectivity index (χ1) is 23.6. The van der Waals surface area contributed by atoms with Gasteiger partial charge in [-0.15, -0.1) is 0 Å². The van der Waals surface area contributed by atoms with Gasteiger partial charge in [-0.25, -0.2) is 0 Å². The monoisotopic (exact) mass is 675 g/mol. The lowest BCUT2D eigenvalue weighted by molar-refractivity contribution is -0.130. The van der Waals surface area contributed by atoms with Gasteiger partial charge in [0.1, 0.15) is 11.5 Å². The van der Waals surface area contributed by atoms with Crippen molar-refractivity contribution in [2.24, 2.45) is 5.73 Å². The average Bonchev–Trinajstić information content (AvgIpc) is 3.08. The second kappa shape index (κ2) is 20.8. The third-order valence-electron chi connectivity index (χ3n) is 7.86. The number of hydrogen-bond donors (Lipinski definition) is 3. The highest BCUT2D eigenvalue weighted by atomic mass is 16.5. The predicted molar refractivity (Wildman–Crippen MR) is 195 cm³/mol. The SMILES string of the molecule is COCc1cc(C(=O)Nc2ccc(C)cc2OCCCCCC(=O)N(C)CCCN(C)C)ccc1NC(=O)c1ccccc1OCCCN. The molecular formula is C38H53N5O6. The van der Waals surface area contributed by atoms with Gasteiger partial charge in [0.25, 0.3) is 11.8 Å². The Hall–Kier alpha value is -4.45. The number of benzene rings is 3. The number of para-hydroxylation sites is 1. The van der Waals surface area contributed by atoms with Crippen molar-refractivity contribution in [1.82, 2.24) is 9.80 Å². The van der Waals surface area contributed by atoms with E-state index < -0.39 is 0 Å². The molecule has 0 saturated heterocycles. The molecule has 11 heteroatoms. The predicted octanol–water partition coefficient (Wildman–Crippen LogP) is 5.72. The quantitative estimate of drug-likeness (QED) is 0.122. The molecule has 3 rings (SSSR count). The molecule has 0 aliphatic carbocycles. The molecule has 266 valence electrons. The summed E-state index contributed by atoms with van der Waals surface area (Å²) in [6, 6.07) is 17.7. The van der Waals surface area contributed by atoms with Gasteiger partial charge < -0.3 is 40.4 Å². The van der Waals surface area contributed by atoms with E-state index in [-0.39, 0.29) is 24.3 Å². The minimum atomic E-state index is -0.339. The van der Waals surface area contributed by atoms with E-state index in [2.05, 4.69) is 15.5 Å². The van der Waals surface area contributed by atoms with Crippen molar-refractivity contribution in [1.29, 1.82) is 0 Å². The Bertz CT molecular complexity index is 1510. The summed E-state index contributed by atoms with van der Waals surface area (Å²) in [6.45, 7) is 5.24. The Labute approximate surface area is 291 Å². The van der Waals surface area contributed by atoms with Crippen molar-refractivity contribution in [2.75, 3.05) is 71.7 Å². The van der Waals surface area contributed by atoms with Crippen LogP contribution in [0.1, 0.15) is 70.4 Å². The van der Waals surface area contributed by atoms with E-state index in [0.29, 0.717) is 72.2 Å². The fourth-order valence-electron chi connectivity index (χ4n) is 5.09. The van der Waals surface area contributed by atoms with Crippen LogP contribution in [0.25, 0.3) is 0 Å². The second-order valence-electron chi connectivity index (χ2n) is 12.3. The number of nitrogens with zero attached hydrogens (tertiary/aromatic N) is 2. The molecule has 0 atom stereocenters. The number of methoxy groups -OCH3 is 1. The molecule has 0 fully saturated rings. The Morgan fingerprint density at radius 3 is 2.22 bits per heavy atom. The van der Waals surface area contributed by atoms with E-state index in [9.17, 15) is 14.4 Å². The van der Waals surface area contributed by atoms with Crippen LogP contribution in [-0.4, -0.2) is 88.6 Å². The van der Waals surface area contributed by atoms with Gasteiger partial charge in [-0.2, -0.15) is 0 Å². The van der Waals surface area contributed by atoms with Crippen LogP contribution in [0.3, 0.4) is 0 Å². The van der Waals surface area contributed by atoms with E-state index in [4.69, 9.17) is 19.9 Å². The number of nitrogens with two attached hydrogens (primary N) is 1. The minimum absolute atomic E-state index is 0.168. The summed E-state index contributed by atoms with van der Waals surface area (Å²) < 4.78 is 17.3. The molecule has 0 heterocycles. The van der Waals surface area contributed by atoms with Crippen LogP contribution in [0.4, 0.5) is 11.4 Å². The largest absolute Gasteiger partial charge is 0.493 e. The molecule has 3 amide bonds. The number of aryl methyl sites for hydroxylation is 1. The average molecular weight is 676 g/mol. The van der Waals surface area contributed by atoms with Gasteiger partial charge >= 0.3 is 0 Å². The lowest BCUT2D eigenvalue weighted by Gasteiger charge is -2.18. The fraction of sp³-hybridized carbons (Fsp3) is 0.447. The van der Waals surface area contributed by atoms with Crippen LogP contribution in [0.5, 0.6) is 11.5 Å². The number of anilines is 2. The third kappa shape index (κ3) is 13.2. The molecule has 11 nitrogen and oxygen atoms in total. The number of hydrogen-bond acceptors (Lipinski definition) is 8. The zero-order chi connectivity index (χ0) is 35.6. The van der Waals surface area contributed by atoms with Crippen LogP contribution in [0.15, 0.2) is 60.7 Å². The van der Waals surface area contributed by atoms with Crippen molar-refractivity contribution in [3.63, 3.8) is 0 Å². The molecule has 3 aromatic carbocycles. The standard InChI is InChI=1S/C38H53N5O6/c1-28-16-18-33(35(25-28)49-23-10-6-7-15-36(44)43(4)22-12-21-42(2)3)41-37(45)29-17-19-32(30(26-29)27-47-5)40-38(46)31-13-8-9-14-34(31)48-24-11-20-39/h8-9,13-14,16-19,25-26H,6-7,10-12,15,20-24,27,39H2,1-5H3,(H,40,46)(H,41,45). The fourth-order valence-corrected chi connectivity index (χ4v) is 5.09. The lowest BCUT2D eigenvalue weighted by Crippen LogP contribution is -2.29. The molecule has 0 radical (unpaired) electrons. The zero-order valence-electron chi connectivity index (χ0n) is 29.7.